The zero-order chi connectivity index (χ0) is 18.1. The van der Waals surface area contributed by atoms with Crippen molar-refractivity contribution in [2.45, 2.75) is 51.9 Å². The van der Waals surface area contributed by atoms with Gasteiger partial charge in [0, 0.05) is 17.7 Å². The summed E-state index contributed by atoms with van der Waals surface area (Å²) in [6.45, 7) is 6.75. The van der Waals surface area contributed by atoms with E-state index in [1.807, 2.05) is 0 Å². The number of amides is 2. The minimum atomic E-state index is -0.863. The van der Waals surface area contributed by atoms with Crippen molar-refractivity contribution in [1.82, 2.24) is 4.90 Å². The van der Waals surface area contributed by atoms with Crippen LogP contribution in [0.4, 0.5) is 14.9 Å². The second-order valence-electron chi connectivity index (χ2n) is 6.94. The van der Waals surface area contributed by atoms with Gasteiger partial charge in [-0.3, -0.25) is 9.69 Å². The van der Waals surface area contributed by atoms with Crippen molar-refractivity contribution in [3.63, 3.8) is 0 Å². The Hall–Kier alpha value is -2.15. The van der Waals surface area contributed by atoms with Crippen LogP contribution in [0.1, 0.15) is 32.8 Å². The normalized spacial score (nSPS) is 20.8. The number of β-amino-alcohol motifs (C(OH)–C–C–N with tert-alkyl or cyclic N) is 1. The molecule has 1 saturated heterocycles. The van der Waals surface area contributed by atoms with Gasteiger partial charge in [-0.05, 0) is 39.8 Å². The van der Waals surface area contributed by atoms with Crippen LogP contribution in [0.5, 0.6) is 0 Å². The van der Waals surface area contributed by atoms with Crippen LogP contribution in [-0.2, 0) is 9.53 Å². The zero-order valence-corrected chi connectivity index (χ0v) is 14.3. The van der Waals surface area contributed by atoms with Gasteiger partial charge in [0.05, 0.1) is 12.6 Å². The number of nitrogens with one attached hydrogen (secondary N) is 1. The lowest BCUT2D eigenvalue weighted by molar-refractivity contribution is -0.120. The highest BCUT2D eigenvalue weighted by atomic mass is 19.1. The van der Waals surface area contributed by atoms with Crippen molar-refractivity contribution < 1.29 is 23.8 Å². The van der Waals surface area contributed by atoms with E-state index >= 15 is 0 Å². The summed E-state index contributed by atoms with van der Waals surface area (Å²) in [7, 11) is 0. The molecule has 0 saturated carbocycles. The molecule has 1 heterocycles. The number of carbonyl (C=O) groups is 2. The lowest BCUT2D eigenvalue weighted by Gasteiger charge is -2.28. The molecule has 7 heteroatoms. The Morgan fingerprint density at radius 3 is 2.67 bits per heavy atom. The maximum atomic E-state index is 13.6. The van der Waals surface area contributed by atoms with Crippen LogP contribution >= 0.6 is 0 Å². The average Bonchev–Trinajstić information content (AvgIpc) is 2.84. The van der Waals surface area contributed by atoms with Crippen molar-refractivity contribution in [3.8, 4) is 0 Å². The molecule has 2 amide bonds. The Morgan fingerprint density at radius 2 is 2.04 bits per heavy atom. The van der Waals surface area contributed by atoms with Crippen LogP contribution in [0.3, 0.4) is 0 Å². The number of hydrogen-bond donors (Lipinski definition) is 2. The molecule has 0 aliphatic carbocycles. The molecule has 2 atom stereocenters. The van der Waals surface area contributed by atoms with Gasteiger partial charge in [0.2, 0.25) is 5.91 Å². The average molecular weight is 338 g/mol. The SMILES string of the molecule is Cc1c(F)cccc1NC(=O)[C@@H]1C[C@@H](O)CN1C(=O)OC(C)(C)C. The summed E-state index contributed by atoms with van der Waals surface area (Å²) in [4.78, 5) is 26.0. The third kappa shape index (κ3) is 4.23. The number of halogens is 1. The van der Waals surface area contributed by atoms with Crippen molar-refractivity contribution in [2.24, 2.45) is 0 Å². The van der Waals surface area contributed by atoms with E-state index in [9.17, 15) is 19.1 Å². The van der Waals surface area contributed by atoms with Crippen molar-refractivity contribution in [3.05, 3.63) is 29.6 Å². The van der Waals surface area contributed by atoms with Gasteiger partial charge in [-0.25, -0.2) is 9.18 Å². The van der Waals surface area contributed by atoms with E-state index in [-0.39, 0.29) is 13.0 Å². The second-order valence-corrected chi connectivity index (χ2v) is 6.94. The molecule has 1 aliphatic rings. The van der Waals surface area contributed by atoms with Crippen LogP contribution in [0, 0.1) is 12.7 Å². The summed E-state index contributed by atoms with van der Waals surface area (Å²) in [6, 6.07) is 3.52. The molecule has 0 unspecified atom stereocenters. The first-order chi connectivity index (χ1) is 11.1. The van der Waals surface area contributed by atoms with Gasteiger partial charge in [-0.2, -0.15) is 0 Å². The van der Waals surface area contributed by atoms with E-state index in [1.54, 1.807) is 33.8 Å². The number of benzene rings is 1. The smallest absolute Gasteiger partial charge is 0.411 e. The lowest BCUT2D eigenvalue weighted by Crippen LogP contribution is -2.45. The minimum Gasteiger partial charge on any atom is -0.444 e. The Labute approximate surface area is 140 Å². The quantitative estimate of drug-likeness (QED) is 0.868. The van der Waals surface area contributed by atoms with Crippen LogP contribution in [0.15, 0.2) is 18.2 Å². The number of anilines is 1. The van der Waals surface area contributed by atoms with E-state index in [0.717, 1.165) is 0 Å². The van der Waals surface area contributed by atoms with Crippen molar-refractivity contribution in [2.75, 3.05) is 11.9 Å². The van der Waals surface area contributed by atoms with Gasteiger partial charge in [0.1, 0.15) is 17.5 Å². The summed E-state index contributed by atoms with van der Waals surface area (Å²) < 4.78 is 18.9. The number of rotatable bonds is 2. The van der Waals surface area contributed by atoms with E-state index < -0.39 is 35.6 Å². The molecule has 1 aliphatic heterocycles. The monoisotopic (exact) mass is 338 g/mol. The van der Waals surface area contributed by atoms with E-state index in [2.05, 4.69) is 5.32 Å². The molecule has 6 nitrogen and oxygen atoms in total. The highest BCUT2D eigenvalue weighted by Crippen LogP contribution is 2.24. The van der Waals surface area contributed by atoms with Crippen LogP contribution in [0.2, 0.25) is 0 Å². The molecule has 1 fully saturated rings. The molecule has 2 N–H and O–H groups in total. The maximum absolute atomic E-state index is 13.6. The number of ether oxygens (including phenoxy) is 1. The fraction of sp³-hybridized carbons (Fsp3) is 0.529. The molecular weight excluding hydrogens is 315 g/mol. The summed E-state index contributed by atoms with van der Waals surface area (Å²) in [5, 5.41) is 12.5. The van der Waals surface area contributed by atoms with Gasteiger partial charge < -0.3 is 15.2 Å². The number of likely N-dealkylation sites (tertiary alicyclic amines) is 1. The molecule has 2 rings (SSSR count). The fourth-order valence-corrected chi connectivity index (χ4v) is 2.54. The highest BCUT2D eigenvalue weighted by Gasteiger charge is 2.41. The van der Waals surface area contributed by atoms with Crippen molar-refractivity contribution in [1.29, 1.82) is 0 Å². The summed E-state index contributed by atoms with van der Waals surface area (Å²) in [6.07, 6.45) is -1.35. The number of aliphatic hydroxyl groups excluding tert-OH is 1. The van der Waals surface area contributed by atoms with E-state index in [0.29, 0.717) is 11.3 Å². The molecule has 24 heavy (non-hydrogen) atoms. The summed E-state index contributed by atoms with van der Waals surface area (Å²) in [5.74, 6) is -0.908. The standard InChI is InChI=1S/C17H23FN2O4/c1-10-12(18)6-5-7-13(10)19-15(22)14-8-11(21)9-20(14)16(23)24-17(2,3)4/h5-7,11,14,21H,8-9H2,1-4H3,(H,19,22)/t11-,14+/m1/s1. The zero-order valence-electron chi connectivity index (χ0n) is 14.3. The number of carbonyl (C=O) groups excluding carboxylic acids is 2. The van der Waals surface area contributed by atoms with Gasteiger partial charge >= 0.3 is 6.09 Å². The van der Waals surface area contributed by atoms with Crippen molar-refractivity contribution >= 4 is 17.7 Å². The van der Waals surface area contributed by atoms with Gasteiger partial charge in [0.25, 0.3) is 0 Å². The minimum absolute atomic E-state index is 0.0229. The Kier molecular flexibility index (Phi) is 5.13. The number of aliphatic hydroxyl groups is 1. The molecule has 1 aromatic carbocycles. The highest BCUT2D eigenvalue weighted by molar-refractivity contribution is 5.97. The summed E-state index contributed by atoms with van der Waals surface area (Å²) >= 11 is 0. The van der Waals surface area contributed by atoms with E-state index in [4.69, 9.17) is 4.74 Å². The second kappa shape index (κ2) is 6.76. The van der Waals surface area contributed by atoms with Crippen LogP contribution in [-0.4, -0.2) is 46.3 Å². The van der Waals surface area contributed by atoms with E-state index in [1.165, 1.54) is 17.0 Å². The van der Waals surface area contributed by atoms with Crippen LogP contribution < -0.4 is 5.32 Å². The predicted octanol–water partition coefficient (Wildman–Crippen LogP) is 2.44. The lowest BCUT2D eigenvalue weighted by atomic mass is 10.1. The molecule has 0 spiro atoms. The van der Waals surface area contributed by atoms with Crippen LogP contribution in [0.25, 0.3) is 0 Å². The van der Waals surface area contributed by atoms with Gasteiger partial charge in [-0.1, -0.05) is 6.07 Å². The first-order valence-electron chi connectivity index (χ1n) is 7.82. The maximum Gasteiger partial charge on any atom is 0.411 e. The van der Waals surface area contributed by atoms with Gasteiger partial charge in [0.15, 0.2) is 0 Å². The molecule has 0 aromatic heterocycles. The first-order valence-corrected chi connectivity index (χ1v) is 7.82. The molecular formula is C17H23FN2O4. The number of nitrogens with zero attached hydrogens (tertiary/aromatic N) is 1. The molecule has 0 bridgehead atoms. The fourth-order valence-electron chi connectivity index (χ4n) is 2.54. The third-order valence-corrected chi connectivity index (χ3v) is 3.74. The topological polar surface area (TPSA) is 78.9 Å². The first kappa shape index (κ1) is 18.2. The largest absolute Gasteiger partial charge is 0.444 e. The predicted molar refractivity (Wildman–Crippen MR) is 87.1 cm³/mol. The molecule has 1 aromatic rings. The Morgan fingerprint density at radius 1 is 1.38 bits per heavy atom. The Bertz CT molecular complexity index is 642. The third-order valence-electron chi connectivity index (χ3n) is 3.74. The summed E-state index contributed by atoms with van der Waals surface area (Å²) in [5.41, 5.74) is -0.0520. The van der Waals surface area contributed by atoms with Gasteiger partial charge in [-0.15, -0.1) is 0 Å². The molecule has 132 valence electrons. The number of hydrogen-bond acceptors (Lipinski definition) is 4. The Balaban J connectivity index is 2.14. The molecule has 0 radical (unpaired) electrons.